The first-order chi connectivity index (χ1) is 8.76. The minimum atomic E-state index is 0.348. The van der Waals surface area contributed by atoms with Crippen LogP contribution in [0, 0.1) is 0 Å². The molecule has 0 spiro atoms. The van der Waals surface area contributed by atoms with Gasteiger partial charge >= 0.3 is 0 Å². The molecular formula is C14H23NO2S. The smallest absolute Gasteiger partial charge is 0.161 e. The molecular weight excluding hydrogens is 246 g/mol. The van der Waals surface area contributed by atoms with E-state index in [9.17, 15) is 0 Å². The lowest BCUT2D eigenvalue weighted by Gasteiger charge is -2.18. The monoisotopic (exact) mass is 269 g/mol. The predicted octanol–water partition coefficient (Wildman–Crippen LogP) is 3.11. The number of hydrogen-bond donors (Lipinski definition) is 1. The van der Waals surface area contributed by atoms with E-state index in [0.717, 1.165) is 17.3 Å². The van der Waals surface area contributed by atoms with Crippen LogP contribution in [0.4, 0.5) is 0 Å². The minimum Gasteiger partial charge on any atom is -0.493 e. The van der Waals surface area contributed by atoms with Gasteiger partial charge in [0.1, 0.15) is 0 Å². The third kappa shape index (κ3) is 4.10. The molecule has 0 aliphatic rings. The first-order valence-corrected chi connectivity index (χ1v) is 7.39. The van der Waals surface area contributed by atoms with E-state index in [-0.39, 0.29) is 0 Å². The van der Waals surface area contributed by atoms with Crippen LogP contribution in [0.15, 0.2) is 18.2 Å². The highest BCUT2D eigenvalue weighted by Gasteiger charge is 2.12. The Morgan fingerprint density at radius 3 is 2.50 bits per heavy atom. The van der Waals surface area contributed by atoms with E-state index in [1.807, 2.05) is 30.9 Å². The van der Waals surface area contributed by atoms with Gasteiger partial charge < -0.3 is 14.8 Å². The lowest BCUT2D eigenvalue weighted by atomic mass is 10.1. The number of rotatable bonds is 8. The molecule has 0 saturated heterocycles. The Hall–Kier alpha value is -0.870. The molecule has 0 fully saturated rings. The third-order valence-electron chi connectivity index (χ3n) is 2.79. The molecule has 0 saturated carbocycles. The summed E-state index contributed by atoms with van der Waals surface area (Å²) in [6.07, 6.45) is 1.22. The number of thioether (sulfide) groups is 1. The summed E-state index contributed by atoms with van der Waals surface area (Å²) < 4.78 is 10.6. The molecule has 1 aromatic carbocycles. The standard InChI is InChI=1S/C14H23NO2S/c1-5-8-18-10-12(15-2)11-6-7-13(16-3)14(9-11)17-4/h6-7,9,12,15H,5,8,10H2,1-4H3. The zero-order chi connectivity index (χ0) is 13.4. The lowest BCUT2D eigenvalue weighted by molar-refractivity contribution is 0.354. The molecule has 102 valence electrons. The maximum Gasteiger partial charge on any atom is 0.161 e. The van der Waals surface area contributed by atoms with Gasteiger partial charge in [-0.25, -0.2) is 0 Å². The van der Waals surface area contributed by atoms with Gasteiger partial charge in [-0.2, -0.15) is 11.8 Å². The second-order valence-electron chi connectivity index (χ2n) is 4.03. The van der Waals surface area contributed by atoms with E-state index < -0.39 is 0 Å². The summed E-state index contributed by atoms with van der Waals surface area (Å²) in [7, 11) is 5.32. The van der Waals surface area contributed by atoms with Crippen LogP contribution in [0.2, 0.25) is 0 Å². The van der Waals surface area contributed by atoms with Gasteiger partial charge in [-0.05, 0) is 36.9 Å². The summed E-state index contributed by atoms with van der Waals surface area (Å²) >= 11 is 1.97. The summed E-state index contributed by atoms with van der Waals surface area (Å²) in [5.74, 6) is 3.83. The SMILES string of the molecule is CCCSCC(NC)c1ccc(OC)c(OC)c1. The zero-order valence-corrected chi connectivity index (χ0v) is 12.5. The predicted molar refractivity (Wildman–Crippen MR) is 79.0 cm³/mol. The van der Waals surface area contributed by atoms with Crippen molar-refractivity contribution in [3.63, 3.8) is 0 Å². The molecule has 3 nitrogen and oxygen atoms in total. The number of benzene rings is 1. The number of hydrogen-bond acceptors (Lipinski definition) is 4. The second kappa shape index (κ2) is 8.27. The fourth-order valence-electron chi connectivity index (χ4n) is 1.76. The van der Waals surface area contributed by atoms with Crippen molar-refractivity contribution in [3.05, 3.63) is 23.8 Å². The van der Waals surface area contributed by atoms with Crippen molar-refractivity contribution in [2.75, 3.05) is 32.8 Å². The van der Waals surface area contributed by atoms with Crippen molar-refractivity contribution in [2.45, 2.75) is 19.4 Å². The van der Waals surface area contributed by atoms with Crippen LogP contribution in [0.1, 0.15) is 24.9 Å². The van der Waals surface area contributed by atoms with Gasteiger partial charge in [0, 0.05) is 11.8 Å². The summed E-state index contributed by atoms with van der Waals surface area (Å²) in [5, 5.41) is 3.35. The fraction of sp³-hybridized carbons (Fsp3) is 0.571. The van der Waals surface area contributed by atoms with Crippen LogP contribution in [0.5, 0.6) is 11.5 Å². The molecule has 0 aromatic heterocycles. The molecule has 1 N–H and O–H groups in total. The molecule has 1 rings (SSSR count). The van der Waals surface area contributed by atoms with Crippen LogP contribution in [-0.2, 0) is 0 Å². The Kier molecular flexibility index (Phi) is 6.98. The maximum absolute atomic E-state index is 5.34. The van der Waals surface area contributed by atoms with E-state index in [4.69, 9.17) is 9.47 Å². The lowest BCUT2D eigenvalue weighted by Crippen LogP contribution is -2.19. The average Bonchev–Trinajstić information content (AvgIpc) is 2.43. The van der Waals surface area contributed by atoms with Crippen molar-refractivity contribution >= 4 is 11.8 Å². The topological polar surface area (TPSA) is 30.5 Å². The van der Waals surface area contributed by atoms with Crippen LogP contribution in [0.25, 0.3) is 0 Å². The third-order valence-corrected chi connectivity index (χ3v) is 4.06. The summed E-state index contributed by atoms with van der Waals surface area (Å²) in [5.41, 5.74) is 1.23. The first-order valence-electron chi connectivity index (χ1n) is 6.23. The van der Waals surface area contributed by atoms with Crippen molar-refractivity contribution in [3.8, 4) is 11.5 Å². The van der Waals surface area contributed by atoms with Gasteiger partial charge in [-0.1, -0.05) is 13.0 Å². The fourth-order valence-corrected chi connectivity index (χ4v) is 2.81. The second-order valence-corrected chi connectivity index (χ2v) is 5.18. The van der Waals surface area contributed by atoms with Crippen LogP contribution in [0.3, 0.4) is 0 Å². The van der Waals surface area contributed by atoms with Crippen LogP contribution in [-0.4, -0.2) is 32.8 Å². The molecule has 1 aromatic rings. The Balaban J connectivity index is 2.79. The Morgan fingerprint density at radius 1 is 1.22 bits per heavy atom. The van der Waals surface area contributed by atoms with Crippen molar-refractivity contribution in [1.82, 2.24) is 5.32 Å². The van der Waals surface area contributed by atoms with E-state index in [0.29, 0.717) is 6.04 Å². The quantitative estimate of drug-likeness (QED) is 0.735. The van der Waals surface area contributed by atoms with Crippen molar-refractivity contribution in [2.24, 2.45) is 0 Å². The van der Waals surface area contributed by atoms with Crippen LogP contribution < -0.4 is 14.8 Å². The van der Waals surface area contributed by atoms with Gasteiger partial charge in [0.05, 0.1) is 14.2 Å². The molecule has 4 heteroatoms. The molecule has 0 bridgehead atoms. The number of ether oxygens (including phenoxy) is 2. The highest BCUT2D eigenvalue weighted by Crippen LogP contribution is 2.30. The molecule has 1 atom stereocenters. The maximum atomic E-state index is 5.34. The van der Waals surface area contributed by atoms with E-state index in [2.05, 4.69) is 18.3 Å². The van der Waals surface area contributed by atoms with E-state index in [1.165, 1.54) is 17.7 Å². The molecule has 0 radical (unpaired) electrons. The van der Waals surface area contributed by atoms with Gasteiger partial charge in [-0.15, -0.1) is 0 Å². The van der Waals surface area contributed by atoms with E-state index >= 15 is 0 Å². The molecule has 0 heterocycles. The summed E-state index contributed by atoms with van der Waals surface area (Å²) in [4.78, 5) is 0. The van der Waals surface area contributed by atoms with Gasteiger partial charge in [0.15, 0.2) is 11.5 Å². The highest BCUT2D eigenvalue weighted by molar-refractivity contribution is 7.99. The average molecular weight is 269 g/mol. The van der Waals surface area contributed by atoms with Gasteiger partial charge in [0.2, 0.25) is 0 Å². The zero-order valence-electron chi connectivity index (χ0n) is 11.7. The molecule has 0 aliphatic carbocycles. The molecule has 0 amide bonds. The van der Waals surface area contributed by atoms with Crippen molar-refractivity contribution in [1.29, 1.82) is 0 Å². The van der Waals surface area contributed by atoms with E-state index in [1.54, 1.807) is 14.2 Å². The Morgan fingerprint density at radius 2 is 1.94 bits per heavy atom. The summed E-state index contributed by atoms with van der Waals surface area (Å²) in [6, 6.07) is 6.45. The van der Waals surface area contributed by atoms with Gasteiger partial charge in [-0.3, -0.25) is 0 Å². The minimum absolute atomic E-state index is 0.348. The Labute approximate surface area is 114 Å². The van der Waals surface area contributed by atoms with Gasteiger partial charge in [0.25, 0.3) is 0 Å². The normalized spacial score (nSPS) is 12.2. The molecule has 18 heavy (non-hydrogen) atoms. The number of methoxy groups -OCH3 is 2. The number of nitrogens with one attached hydrogen (secondary N) is 1. The highest BCUT2D eigenvalue weighted by atomic mass is 32.2. The van der Waals surface area contributed by atoms with Crippen molar-refractivity contribution < 1.29 is 9.47 Å². The Bertz CT molecular complexity index is 358. The molecule has 1 unspecified atom stereocenters. The van der Waals surface area contributed by atoms with Crippen LogP contribution >= 0.6 is 11.8 Å². The largest absolute Gasteiger partial charge is 0.493 e. The first kappa shape index (κ1) is 15.2. The summed E-state index contributed by atoms with van der Waals surface area (Å²) in [6.45, 7) is 2.21. The molecule has 0 aliphatic heterocycles.